The molecular weight excluding hydrogens is 317 g/mol. The van der Waals surface area contributed by atoms with Crippen LogP contribution in [-0.4, -0.2) is 13.1 Å². The molecule has 0 amide bonds. The van der Waals surface area contributed by atoms with E-state index in [9.17, 15) is 4.39 Å². The number of hydrogen-bond acceptors (Lipinski definition) is 1. The first-order valence-electron chi connectivity index (χ1n) is 7.39. The minimum absolute atomic E-state index is 0.0521. The topological polar surface area (TPSA) is 12.0 Å². The average molecular weight is 344 g/mol. The molecule has 1 N–H and O–H groups in total. The van der Waals surface area contributed by atoms with Gasteiger partial charge in [-0.1, -0.05) is 50.5 Å². The molecule has 1 unspecified atom stereocenters. The van der Waals surface area contributed by atoms with Gasteiger partial charge in [-0.05, 0) is 54.0 Å². The van der Waals surface area contributed by atoms with Crippen molar-refractivity contribution in [2.45, 2.75) is 41.0 Å². The first-order valence-corrected chi connectivity index (χ1v) is 8.18. The molecule has 1 rings (SSSR count). The predicted octanol–water partition coefficient (Wildman–Crippen LogP) is 5.04. The lowest BCUT2D eigenvalue weighted by Crippen LogP contribution is -2.39. The van der Waals surface area contributed by atoms with Gasteiger partial charge in [-0.15, -0.1) is 0 Å². The maximum Gasteiger partial charge on any atom is 0.126 e. The second-order valence-corrected chi connectivity index (χ2v) is 7.66. The van der Waals surface area contributed by atoms with Crippen LogP contribution < -0.4 is 5.32 Å². The first-order chi connectivity index (χ1) is 9.24. The molecule has 0 aliphatic heterocycles. The predicted molar refractivity (Wildman–Crippen MR) is 88.5 cm³/mol. The summed E-state index contributed by atoms with van der Waals surface area (Å²) in [6.07, 6.45) is 0.751. The van der Waals surface area contributed by atoms with Crippen molar-refractivity contribution < 1.29 is 4.39 Å². The summed E-state index contributed by atoms with van der Waals surface area (Å²) in [5.41, 5.74) is 0.846. The van der Waals surface area contributed by atoms with Crippen LogP contribution >= 0.6 is 15.9 Å². The molecule has 1 nitrogen and oxygen atoms in total. The monoisotopic (exact) mass is 343 g/mol. The van der Waals surface area contributed by atoms with Gasteiger partial charge in [0.05, 0.1) is 0 Å². The molecule has 1 atom stereocenters. The lowest BCUT2D eigenvalue weighted by molar-refractivity contribution is 0.203. The van der Waals surface area contributed by atoms with Gasteiger partial charge in [0.25, 0.3) is 0 Å². The van der Waals surface area contributed by atoms with E-state index in [0.29, 0.717) is 11.8 Å². The molecule has 0 aliphatic carbocycles. The van der Waals surface area contributed by atoms with Gasteiger partial charge < -0.3 is 5.32 Å². The molecule has 0 bridgehead atoms. The summed E-state index contributed by atoms with van der Waals surface area (Å²) in [5, 5.41) is 3.53. The zero-order valence-corrected chi connectivity index (χ0v) is 14.8. The Kier molecular flexibility index (Phi) is 6.67. The van der Waals surface area contributed by atoms with Crippen molar-refractivity contribution in [2.24, 2.45) is 17.3 Å². The number of halogens is 2. The largest absolute Gasteiger partial charge is 0.316 e. The van der Waals surface area contributed by atoms with Crippen molar-refractivity contribution in [3.05, 3.63) is 34.1 Å². The molecule has 1 aromatic carbocycles. The molecule has 0 fully saturated rings. The summed E-state index contributed by atoms with van der Waals surface area (Å²) in [5.74, 6) is 1.01. The highest BCUT2D eigenvalue weighted by Gasteiger charge is 2.29. The Hall–Kier alpha value is -0.410. The Balaban J connectivity index is 2.82. The van der Waals surface area contributed by atoms with E-state index in [2.05, 4.69) is 55.9 Å². The number of benzene rings is 1. The van der Waals surface area contributed by atoms with Crippen molar-refractivity contribution in [2.75, 3.05) is 13.1 Å². The quantitative estimate of drug-likeness (QED) is 0.731. The molecule has 20 heavy (non-hydrogen) atoms. The molecule has 0 saturated heterocycles. The van der Waals surface area contributed by atoms with Crippen LogP contribution in [0.15, 0.2) is 22.7 Å². The zero-order valence-electron chi connectivity index (χ0n) is 13.3. The molecule has 0 saturated carbocycles. The van der Waals surface area contributed by atoms with E-state index in [1.54, 1.807) is 12.1 Å². The smallest absolute Gasteiger partial charge is 0.126 e. The lowest BCUT2D eigenvalue weighted by atomic mass is 9.74. The maximum atomic E-state index is 14.0. The summed E-state index contributed by atoms with van der Waals surface area (Å²) < 4.78 is 14.9. The molecule has 0 heterocycles. The van der Waals surface area contributed by atoms with E-state index >= 15 is 0 Å². The van der Waals surface area contributed by atoms with Crippen molar-refractivity contribution in [1.29, 1.82) is 0 Å². The van der Waals surface area contributed by atoms with Crippen molar-refractivity contribution >= 4 is 15.9 Å². The molecule has 0 aromatic heterocycles. The van der Waals surface area contributed by atoms with E-state index < -0.39 is 0 Å². The second-order valence-electron chi connectivity index (χ2n) is 6.75. The fourth-order valence-electron chi connectivity index (χ4n) is 2.23. The highest BCUT2D eigenvalue weighted by atomic mass is 79.9. The molecule has 0 radical (unpaired) electrons. The van der Waals surface area contributed by atoms with Crippen molar-refractivity contribution in [1.82, 2.24) is 5.32 Å². The number of hydrogen-bond donors (Lipinski definition) is 1. The summed E-state index contributed by atoms with van der Waals surface area (Å²) >= 11 is 3.43. The average Bonchev–Trinajstić information content (AvgIpc) is 2.33. The van der Waals surface area contributed by atoms with Gasteiger partial charge in [0.15, 0.2) is 0 Å². The molecule has 3 heteroatoms. The molecule has 0 spiro atoms. The van der Waals surface area contributed by atoms with E-state index in [-0.39, 0.29) is 11.2 Å². The van der Waals surface area contributed by atoms with Crippen LogP contribution in [0.3, 0.4) is 0 Å². The van der Waals surface area contributed by atoms with E-state index in [4.69, 9.17) is 0 Å². The van der Waals surface area contributed by atoms with Gasteiger partial charge >= 0.3 is 0 Å². The van der Waals surface area contributed by atoms with Crippen LogP contribution in [0.1, 0.15) is 40.2 Å². The summed E-state index contributed by atoms with van der Waals surface area (Å²) in [7, 11) is 0. The molecule has 1 aromatic rings. The minimum atomic E-state index is -0.107. The highest BCUT2D eigenvalue weighted by molar-refractivity contribution is 9.10. The zero-order chi connectivity index (χ0) is 15.3. The van der Waals surface area contributed by atoms with Gasteiger partial charge in [0.2, 0.25) is 0 Å². The fraction of sp³-hybridized carbons (Fsp3) is 0.647. The normalized spacial score (nSPS) is 14.8. The first kappa shape index (κ1) is 17.6. The van der Waals surface area contributed by atoms with Gasteiger partial charge in [-0.3, -0.25) is 0 Å². The Labute approximate surface area is 131 Å². The van der Waals surface area contributed by atoms with Gasteiger partial charge in [0.1, 0.15) is 5.82 Å². The van der Waals surface area contributed by atoms with Crippen LogP contribution in [0.4, 0.5) is 4.39 Å². The van der Waals surface area contributed by atoms with Gasteiger partial charge in [-0.25, -0.2) is 4.39 Å². The third-order valence-corrected chi connectivity index (χ3v) is 4.57. The van der Waals surface area contributed by atoms with Crippen LogP contribution in [0, 0.1) is 23.1 Å². The van der Waals surface area contributed by atoms with Crippen LogP contribution in [-0.2, 0) is 6.42 Å². The third-order valence-electron chi connectivity index (χ3n) is 4.08. The lowest BCUT2D eigenvalue weighted by Gasteiger charge is -2.35. The van der Waals surface area contributed by atoms with Crippen LogP contribution in [0.5, 0.6) is 0 Å². The van der Waals surface area contributed by atoms with Crippen molar-refractivity contribution in [3.8, 4) is 0 Å². The summed E-state index contributed by atoms with van der Waals surface area (Å²) in [6.45, 7) is 13.0. The van der Waals surface area contributed by atoms with Gasteiger partial charge in [0, 0.05) is 11.0 Å². The Bertz CT molecular complexity index is 431. The highest BCUT2D eigenvalue weighted by Crippen LogP contribution is 2.32. The van der Waals surface area contributed by atoms with Crippen LogP contribution in [0.2, 0.25) is 0 Å². The third kappa shape index (κ3) is 5.17. The maximum absolute atomic E-state index is 14.0. The Morgan fingerprint density at radius 3 is 2.45 bits per heavy atom. The van der Waals surface area contributed by atoms with E-state index in [1.807, 2.05) is 6.07 Å². The standard InChI is InChI=1S/C17H27BrFN/c1-12(2)10-20-11-17(5,13(3)4)9-14-8-15(18)6-7-16(14)19/h6-8,12-13,20H,9-11H2,1-5H3. The molecular formula is C17H27BrFN. The molecule has 0 aliphatic rings. The Morgan fingerprint density at radius 1 is 1.25 bits per heavy atom. The second kappa shape index (κ2) is 7.56. The fourth-order valence-corrected chi connectivity index (χ4v) is 2.64. The van der Waals surface area contributed by atoms with E-state index in [0.717, 1.165) is 29.5 Å². The Morgan fingerprint density at radius 2 is 1.90 bits per heavy atom. The number of nitrogens with one attached hydrogen (secondary N) is 1. The SMILES string of the molecule is CC(C)CNCC(C)(Cc1cc(Br)ccc1F)C(C)C. The summed E-state index contributed by atoms with van der Waals surface area (Å²) in [4.78, 5) is 0. The van der Waals surface area contributed by atoms with Crippen LogP contribution in [0.25, 0.3) is 0 Å². The minimum Gasteiger partial charge on any atom is -0.316 e. The van der Waals surface area contributed by atoms with Crippen molar-refractivity contribution in [3.63, 3.8) is 0 Å². The number of rotatable bonds is 7. The van der Waals surface area contributed by atoms with Gasteiger partial charge in [-0.2, -0.15) is 0 Å². The molecule has 114 valence electrons. The summed E-state index contributed by atoms with van der Waals surface area (Å²) in [6, 6.07) is 5.20. The van der Waals surface area contributed by atoms with E-state index in [1.165, 1.54) is 0 Å².